The normalized spacial score (nSPS) is 11.3. The van der Waals surface area contributed by atoms with Crippen LogP contribution >= 0.6 is 68.0 Å². The van der Waals surface area contributed by atoms with Crippen molar-refractivity contribution in [3.63, 3.8) is 0 Å². The molecule has 190 valence electrons. The number of carboxylic acid groups (broad SMARTS) is 2. The van der Waals surface area contributed by atoms with Crippen molar-refractivity contribution in [1.29, 1.82) is 0 Å². The summed E-state index contributed by atoms with van der Waals surface area (Å²) in [7, 11) is 0. The summed E-state index contributed by atoms with van der Waals surface area (Å²) in [5.41, 5.74) is 1.67. The molecule has 0 aliphatic rings. The van der Waals surface area contributed by atoms with E-state index in [0.29, 0.717) is 0 Å². The molecular formula is C28H18O4S6. The minimum atomic E-state index is -0.837. The maximum atomic E-state index is 11.6. The van der Waals surface area contributed by atoms with Crippen molar-refractivity contribution in [2.75, 3.05) is 0 Å². The summed E-state index contributed by atoms with van der Waals surface area (Å²) in [4.78, 5) is 33.9. The molecule has 10 heteroatoms. The summed E-state index contributed by atoms with van der Waals surface area (Å²) >= 11 is 9.91. The second kappa shape index (κ2) is 10.7. The van der Waals surface area contributed by atoms with Crippen molar-refractivity contribution in [3.8, 4) is 48.8 Å². The van der Waals surface area contributed by atoms with Gasteiger partial charge in [-0.3, -0.25) is 9.59 Å². The van der Waals surface area contributed by atoms with Crippen LogP contribution < -0.4 is 0 Å². The molecule has 6 aromatic heterocycles. The van der Waals surface area contributed by atoms with Gasteiger partial charge in [0.25, 0.3) is 0 Å². The molecule has 0 atom stereocenters. The molecule has 2 N–H and O–H groups in total. The molecule has 0 aliphatic carbocycles. The van der Waals surface area contributed by atoms with Crippen LogP contribution in [0.2, 0.25) is 0 Å². The summed E-state index contributed by atoms with van der Waals surface area (Å²) in [5.74, 6) is -1.67. The zero-order valence-corrected chi connectivity index (χ0v) is 24.4. The lowest BCUT2D eigenvalue weighted by molar-refractivity contribution is -0.137. The number of hydrogen-bond acceptors (Lipinski definition) is 8. The number of carbonyl (C=O) groups is 2. The third-order valence-corrected chi connectivity index (χ3v) is 12.9. The molecule has 0 bridgehead atoms. The highest BCUT2D eigenvalue weighted by Crippen LogP contribution is 2.47. The molecule has 0 radical (unpaired) electrons. The van der Waals surface area contributed by atoms with Gasteiger partial charge < -0.3 is 10.2 Å². The summed E-state index contributed by atoms with van der Waals surface area (Å²) in [6.07, 6.45) is -0.0181. The first-order valence-electron chi connectivity index (χ1n) is 11.4. The Morgan fingerprint density at radius 3 is 1.32 bits per heavy atom. The maximum Gasteiger partial charge on any atom is 0.307 e. The van der Waals surface area contributed by atoms with E-state index in [4.69, 9.17) is 0 Å². The van der Waals surface area contributed by atoms with E-state index in [2.05, 4.69) is 36.4 Å². The molecule has 6 heterocycles. The van der Waals surface area contributed by atoms with Gasteiger partial charge in [-0.05, 0) is 70.4 Å². The van der Waals surface area contributed by atoms with Gasteiger partial charge in [0.05, 0.1) is 12.8 Å². The average Bonchev–Trinajstić information content (AvgIpc) is 3.69. The van der Waals surface area contributed by atoms with Crippen LogP contribution in [0, 0.1) is 0 Å². The fraction of sp³-hybridized carbons (Fsp3) is 0.0714. The zero-order chi connectivity index (χ0) is 26.2. The van der Waals surface area contributed by atoms with Gasteiger partial charge in [0.2, 0.25) is 0 Å². The molecule has 0 spiro atoms. The number of carboxylic acids is 2. The van der Waals surface area contributed by atoms with E-state index in [0.717, 1.165) is 59.9 Å². The summed E-state index contributed by atoms with van der Waals surface area (Å²) in [6.45, 7) is 0. The topological polar surface area (TPSA) is 74.6 Å². The first kappa shape index (κ1) is 25.4. The van der Waals surface area contributed by atoms with Crippen molar-refractivity contribution in [3.05, 3.63) is 82.6 Å². The lowest BCUT2D eigenvalue weighted by Crippen LogP contribution is -1.99. The van der Waals surface area contributed by atoms with Crippen molar-refractivity contribution in [2.24, 2.45) is 0 Å². The van der Waals surface area contributed by atoms with Gasteiger partial charge in [-0.15, -0.1) is 68.0 Å². The quantitative estimate of drug-likeness (QED) is 0.171. The number of aliphatic carboxylic acids is 2. The molecule has 0 amide bonds. The Morgan fingerprint density at radius 2 is 0.947 bits per heavy atom. The smallest absolute Gasteiger partial charge is 0.307 e. The molecular weight excluding hydrogens is 593 g/mol. The Morgan fingerprint density at radius 1 is 0.526 bits per heavy atom. The summed E-state index contributed by atoms with van der Waals surface area (Å²) < 4.78 is 0. The summed E-state index contributed by atoms with van der Waals surface area (Å²) in [5, 5.41) is 23.0. The molecule has 0 saturated heterocycles. The fourth-order valence-corrected chi connectivity index (χ4v) is 10.5. The minimum Gasteiger partial charge on any atom is -0.481 e. The maximum absolute atomic E-state index is 11.6. The van der Waals surface area contributed by atoms with E-state index >= 15 is 0 Å². The van der Waals surface area contributed by atoms with Gasteiger partial charge in [-0.1, -0.05) is 12.1 Å². The molecule has 6 rings (SSSR count). The van der Waals surface area contributed by atoms with Crippen LogP contribution in [-0.2, 0) is 22.4 Å². The van der Waals surface area contributed by atoms with E-state index in [-0.39, 0.29) is 12.8 Å². The molecule has 0 fully saturated rings. The third kappa shape index (κ3) is 5.20. The fourth-order valence-electron chi connectivity index (χ4n) is 4.13. The van der Waals surface area contributed by atoms with Crippen LogP contribution in [0.3, 0.4) is 0 Å². The Labute approximate surface area is 242 Å². The van der Waals surface area contributed by atoms with Gasteiger partial charge in [-0.25, -0.2) is 0 Å². The van der Waals surface area contributed by atoms with E-state index in [1.54, 1.807) is 68.0 Å². The number of hydrogen-bond donors (Lipinski definition) is 2. The van der Waals surface area contributed by atoms with Gasteiger partial charge in [0.1, 0.15) is 0 Å². The molecule has 4 nitrogen and oxygen atoms in total. The highest BCUT2D eigenvalue weighted by Gasteiger charge is 2.20. The molecule has 38 heavy (non-hydrogen) atoms. The van der Waals surface area contributed by atoms with E-state index in [1.807, 2.05) is 35.0 Å². The zero-order valence-electron chi connectivity index (χ0n) is 19.5. The SMILES string of the molecule is O=C(O)Cc1cc(-c2cccs2)sc1-c1ccc(-c2ccc(-c3sc(-c4cccs4)cc3CC(=O)O)s2)s1. The third-order valence-electron chi connectivity index (χ3n) is 5.73. The number of thiophene rings is 6. The first-order valence-corrected chi connectivity index (χ1v) is 16.4. The highest BCUT2D eigenvalue weighted by atomic mass is 32.1. The van der Waals surface area contributed by atoms with Crippen LogP contribution in [0.25, 0.3) is 48.8 Å². The number of rotatable bonds is 9. The second-order valence-electron chi connectivity index (χ2n) is 8.35. The van der Waals surface area contributed by atoms with Crippen molar-refractivity contribution in [1.82, 2.24) is 0 Å². The van der Waals surface area contributed by atoms with Crippen LogP contribution in [0.5, 0.6) is 0 Å². The van der Waals surface area contributed by atoms with Crippen molar-refractivity contribution < 1.29 is 19.8 Å². The largest absolute Gasteiger partial charge is 0.481 e. The predicted molar refractivity (Wildman–Crippen MR) is 164 cm³/mol. The van der Waals surface area contributed by atoms with Crippen LogP contribution in [0.15, 0.2) is 71.4 Å². The average molecular weight is 611 g/mol. The highest BCUT2D eigenvalue weighted by molar-refractivity contribution is 7.30. The monoisotopic (exact) mass is 610 g/mol. The van der Waals surface area contributed by atoms with Crippen molar-refractivity contribution >= 4 is 80.0 Å². The summed E-state index contributed by atoms with van der Waals surface area (Å²) in [6, 6.07) is 20.5. The standard InChI is InChI=1S/C28H18O4S6/c29-25(30)13-15-11-23(17-3-1-9-33-17)37-27(15)21-7-5-19(35-21)20-6-8-22(36-20)28-16(14-26(31)32)12-24(38-28)18-4-2-10-34-18/h1-12H,13-14H2,(H,29,30)(H,31,32). The lowest BCUT2D eigenvalue weighted by Gasteiger charge is -1.98. The van der Waals surface area contributed by atoms with E-state index in [9.17, 15) is 19.8 Å². The van der Waals surface area contributed by atoms with Crippen molar-refractivity contribution in [2.45, 2.75) is 12.8 Å². The molecule has 6 aromatic rings. The predicted octanol–water partition coefficient (Wildman–Crippen LogP) is 9.64. The van der Waals surface area contributed by atoms with Gasteiger partial charge in [-0.2, -0.15) is 0 Å². The first-order chi connectivity index (χ1) is 18.4. The van der Waals surface area contributed by atoms with Crippen LogP contribution in [-0.4, -0.2) is 22.2 Å². The van der Waals surface area contributed by atoms with Crippen LogP contribution in [0.4, 0.5) is 0 Å². The Hall–Kier alpha value is -2.86. The van der Waals surface area contributed by atoms with Gasteiger partial charge >= 0.3 is 11.9 Å². The Balaban J connectivity index is 1.33. The molecule has 0 aromatic carbocycles. The van der Waals surface area contributed by atoms with Gasteiger partial charge in [0.15, 0.2) is 0 Å². The second-order valence-corrected chi connectivity index (χ2v) is 14.5. The Kier molecular flexibility index (Phi) is 7.17. The van der Waals surface area contributed by atoms with E-state index in [1.165, 1.54) is 0 Å². The van der Waals surface area contributed by atoms with Gasteiger partial charge in [0, 0.05) is 48.8 Å². The molecule has 0 saturated carbocycles. The Bertz CT molecular complexity index is 1600. The molecule has 0 aliphatic heterocycles. The lowest BCUT2D eigenvalue weighted by atomic mass is 10.1. The van der Waals surface area contributed by atoms with Crippen LogP contribution in [0.1, 0.15) is 11.1 Å². The minimum absolute atomic E-state index is 0.00903. The van der Waals surface area contributed by atoms with E-state index < -0.39 is 11.9 Å². The molecule has 0 unspecified atom stereocenters.